The second-order valence-corrected chi connectivity index (χ2v) is 7.37. The maximum Gasteiger partial charge on any atom is 0.0606 e. The Morgan fingerprint density at radius 2 is 0.781 bits per heavy atom. The molecule has 0 aliphatic heterocycles. The van der Waals surface area contributed by atoms with Crippen molar-refractivity contribution in [3.8, 4) is 0 Å². The summed E-state index contributed by atoms with van der Waals surface area (Å²) in [6, 6.07) is 13.8. The molecule has 8 heteroatoms. The summed E-state index contributed by atoms with van der Waals surface area (Å²) in [4.78, 5) is 3.63. The van der Waals surface area contributed by atoms with Crippen molar-refractivity contribution in [3.05, 3.63) is 71.2 Å². The largest absolute Gasteiger partial charge is 0.872 e. The van der Waals surface area contributed by atoms with Gasteiger partial charge in [-0.05, 0) is 46.5 Å². The van der Waals surface area contributed by atoms with Crippen LogP contribution in [0, 0.1) is 0 Å². The van der Waals surface area contributed by atoms with Crippen LogP contribution in [0.2, 0.25) is 0 Å². The van der Waals surface area contributed by atoms with Crippen LogP contribution in [-0.4, -0.2) is 73.0 Å². The van der Waals surface area contributed by atoms with Gasteiger partial charge in [-0.1, -0.05) is 35.8 Å². The Labute approximate surface area is 187 Å². The molecular formula is C24H28N2O6-2. The minimum absolute atomic E-state index is 0.0506. The van der Waals surface area contributed by atoms with Crippen LogP contribution < -0.4 is 20.0 Å². The number of aliphatic hydroxyl groups excluding tert-OH is 4. The summed E-state index contributed by atoms with van der Waals surface area (Å²) in [6.45, 7) is 1.28. The molecule has 0 amide bonds. The lowest BCUT2D eigenvalue weighted by Gasteiger charge is -2.40. The molecule has 0 atom stereocenters. The van der Waals surface area contributed by atoms with Crippen molar-refractivity contribution in [2.24, 2.45) is 0 Å². The highest BCUT2D eigenvalue weighted by Crippen LogP contribution is 2.42. The normalized spacial score (nSPS) is 13.4. The van der Waals surface area contributed by atoms with Crippen molar-refractivity contribution in [1.82, 2.24) is 0 Å². The van der Waals surface area contributed by atoms with Gasteiger partial charge in [-0.3, -0.25) is 0 Å². The molecule has 0 saturated heterocycles. The SMILES string of the molecule is [O-]C1=C(c2ccc(N(CCO)CCO)cc2)C([O-])=C1c1ccc(N(CCO)CCO)cc1. The zero-order valence-corrected chi connectivity index (χ0v) is 17.8. The van der Waals surface area contributed by atoms with Crippen molar-refractivity contribution in [3.63, 3.8) is 0 Å². The van der Waals surface area contributed by atoms with E-state index in [9.17, 15) is 30.6 Å². The molecule has 0 radical (unpaired) electrons. The molecule has 8 nitrogen and oxygen atoms in total. The summed E-state index contributed by atoms with van der Waals surface area (Å²) in [5.41, 5.74) is 2.93. The second kappa shape index (κ2) is 11.0. The summed E-state index contributed by atoms with van der Waals surface area (Å²) in [7, 11) is 0. The Morgan fingerprint density at radius 3 is 1.03 bits per heavy atom. The van der Waals surface area contributed by atoms with Crippen molar-refractivity contribution in [2.45, 2.75) is 0 Å². The lowest BCUT2D eigenvalue weighted by atomic mass is 9.84. The van der Waals surface area contributed by atoms with Crippen LogP contribution in [0.5, 0.6) is 0 Å². The van der Waals surface area contributed by atoms with E-state index in [-0.39, 0.29) is 49.1 Å². The summed E-state index contributed by atoms with van der Waals surface area (Å²) in [5, 5.41) is 62.3. The first kappa shape index (κ1) is 23.6. The first-order chi connectivity index (χ1) is 15.5. The summed E-state index contributed by atoms with van der Waals surface area (Å²) in [5.74, 6) is -0.610. The molecule has 0 bridgehead atoms. The molecule has 32 heavy (non-hydrogen) atoms. The van der Waals surface area contributed by atoms with Gasteiger partial charge >= 0.3 is 0 Å². The first-order valence-corrected chi connectivity index (χ1v) is 10.5. The van der Waals surface area contributed by atoms with E-state index in [0.717, 1.165) is 11.4 Å². The maximum absolute atomic E-state index is 12.8. The minimum atomic E-state index is -0.305. The van der Waals surface area contributed by atoms with Gasteiger partial charge in [-0.2, -0.15) is 0 Å². The Hall–Kier alpha value is -3.04. The van der Waals surface area contributed by atoms with Gasteiger partial charge in [0.15, 0.2) is 0 Å². The van der Waals surface area contributed by atoms with Gasteiger partial charge in [-0.15, -0.1) is 0 Å². The van der Waals surface area contributed by atoms with Crippen LogP contribution in [0.3, 0.4) is 0 Å². The van der Waals surface area contributed by atoms with Crippen LogP contribution in [-0.2, 0) is 0 Å². The molecule has 1 aliphatic carbocycles. The van der Waals surface area contributed by atoms with Crippen LogP contribution in [0.1, 0.15) is 11.1 Å². The Balaban J connectivity index is 1.77. The molecule has 172 valence electrons. The maximum atomic E-state index is 12.8. The molecule has 0 saturated carbocycles. The molecule has 0 spiro atoms. The van der Waals surface area contributed by atoms with Crippen LogP contribution in [0.25, 0.3) is 11.1 Å². The number of allylic oxidation sites excluding steroid dienone is 2. The summed E-state index contributed by atoms with van der Waals surface area (Å²) >= 11 is 0. The molecule has 4 N–H and O–H groups in total. The third kappa shape index (κ3) is 4.89. The molecule has 0 unspecified atom stereocenters. The molecular weight excluding hydrogens is 412 g/mol. The fourth-order valence-corrected chi connectivity index (χ4v) is 3.82. The van der Waals surface area contributed by atoms with E-state index in [0.29, 0.717) is 37.3 Å². The standard InChI is InChI=1S/C24H30N2O6/c27-13-9-25(10-14-28)19-5-1-17(2-6-19)21-23(31)22(24(21)32)18-3-7-20(8-4-18)26(11-15-29)12-16-30/h1-8,27-32H,9-16H2/p-2. The van der Waals surface area contributed by atoms with Gasteiger partial charge in [0.25, 0.3) is 0 Å². The highest BCUT2D eigenvalue weighted by molar-refractivity contribution is 6.05. The number of aliphatic hydroxyl groups is 4. The van der Waals surface area contributed by atoms with E-state index < -0.39 is 0 Å². The van der Waals surface area contributed by atoms with Gasteiger partial charge < -0.3 is 40.4 Å². The topological polar surface area (TPSA) is 134 Å². The zero-order chi connectivity index (χ0) is 23.1. The van der Waals surface area contributed by atoms with Gasteiger partial charge in [0, 0.05) is 37.6 Å². The van der Waals surface area contributed by atoms with Crippen LogP contribution in [0.15, 0.2) is 60.0 Å². The van der Waals surface area contributed by atoms with Gasteiger partial charge in [-0.25, -0.2) is 0 Å². The highest BCUT2D eigenvalue weighted by atomic mass is 16.3. The monoisotopic (exact) mass is 440 g/mol. The molecule has 0 heterocycles. The van der Waals surface area contributed by atoms with Crippen molar-refractivity contribution < 1.29 is 30.6 Å². The third-order valence-corrected chi connectivity index (χ3v) is 5.43. The Kier molecular flexibility index (Phi) is 8.13. The van der Waals surface area contributed by atoms with E-state index in [2.05, 4.69) is 0 Å². The van der Waals surface area contributed by atoms with Gasteiger partial charge in [0.05, 0.1) is 26.4 Å². The first-order valence-electron chi connectivity index (χ1n) is 10.5. The number of hydrogen-bond acceptors (Lipinski definition) is 8. The molecule has 2 aromatic carbocycles. The third-order valence-electron chi connectivity index (χ3n) is 5.43. The highest BCUT2D eigenvalue weighted by Gasteiger charge is 2.19. The van der Waals surface area contributed by atoms with Gasteiger partial charge in [0.2, 0.25) is 0 Å². The molecule has 0 aromatic heterocycles. The number of hydrogen-bond donors (Lipinski definition) is 4. The lowest BCUT2D eigenvalue weighted by Crippen LogP contribution is -2.30. The Morgan fingerprint density at radius 1 is 0.500 bits per heavy atom. The summed E-state index contributed by atoms with van der Waals surface area (Å²) < 4.78 is 0. The number of rotatable bonds is 12. The van der Waals surface area contributed by atoms with E-state index in [1.165, 1.54) is 0 Å². The fraction of sp³-hybridized carbons (Fsp3) is 0.333. The summed E-state index contributed by atoms with van der Waals surface area (Å²) in [6.07, 6.45) is 0. The molecule has 2 aromatic rings. The van der Waals surface area contributed by atoms with Gasteiger partial charge in [0.1, 0.15) is 0 Å². The Bertz CT molecular complexity index is 851. The number of benzene rings is 2. The van der Waals surface area contributed by atoms with Crippen molar-refractivity contribution >= 4 is 22.5 Å². The van der Waals surface area contributed by atoms with E-state index in [4.69, 9.17) is 0 Å². The predicted molar refractivity (Wildman–Crippen MR) is 119 cm³/mol. The molecule has 0 fully saturated rings. The van der Waals surface area contributed by atoms with Crippen molar-refractivity contribution in [2.75, 3.05) is 62.4 Å². The average Bonchev–Trinajstić information content (AvgIpc) is 2.80. The fourth-order valence-electron chi connectivity index (χ4n) is 3.82. The second-order valence-electron chi connectivity index (χ2n) is 7.37. The van der Waals surface area contributed by atoms with E-state index in [1.54, 1.807) is 48.5 Å². The zero-order valence-electron chi connectivity index (χ0n) is 17.8. The molecule has 1 aliphatic rings. The smallest absolute Gasteiger partial charge is 0.0606 e. The van der Waals surface area contributed by atoms with Crippen molar-refractivity contribution in [1.29, 1.82) is 0 Å². The average molecular weight is 440 g/mol. The lowest BCUT2D eigenvalue weighted by molar-refractivity contribution is -0.316. The van der Waals surface area contributed by atoms with E-state index >= 15 is 0 Å². The quantitative estimate of drug-likeness (QED) is 0.335. The predicted octanol–water partition coefficient (Wildman–Crippen LogP) is -0.875. The van der Waals surface area contributed by atoms with E-state index in [1.807, 2.05) is 9.80 Å². The number of nitrogens with zero attached hydrogens (tertiary/aromatic N) is 2. The molecule has 3 rings (SSSR count). The van der Waals surface area contributed by atoms with Crippen LogP contribution in [0.4, 0.5) is 11.4 Å². The minimum Gasteiger partial charge on any atom is -0.872 e. The van der Waals surface area contributed by atoms with Crippen LogP contribution >= 0.6 is 0 Å². The number of anilines is 2.